The van der Waals surface area contributed by atoms with Crippen LogP contribution < -0.4 is 0 Å². The van der Waals surface area contributed by atoms with Gasteiger partial charge in [-0.15, -0.1) is 0 Å². The highest BCUT2D eigenvalue weighted by atomic mass is 16.1. The molecule has 0 aromatic heterocycles. The van der Waals surface area contributed by atoms with Gasteiger partial charge >= 0.3 is 0 Å². The van der Waals surface area contributed by atoms with Crippen LogP contribution in [-0.4, -0.2) is 5.78 Å². The zero-order valence-corrected chi connectivity index (χ0v) is 11.4. The molecule has 0 aromatic carbocycles. The molecule has 0 saturated heterocycles. The van der Waals surface area contributed by atoms with Crippen molar-refractivity contribution in [2.45, 2.75) is 77.6 Å². The SMILES string of the molecule is CCC1CCCCC1C(=O)CCC1CCCC1. The van der Waals surface area contributed by atoms with E-state index >= 15 is 0 Å². The summed E-state index contributed by atoms with van der Waals surface area (Å²) in [4.78, 5) is 12.3. The molecule has 1 nitrogen and oxygen atoms in total. The molecule has 0 radical (unpaired) electrons. The Bertz CT molecular complexity index is 240. The van der Waals surface area contributed by atoms with Crippen molar-refractivity contribution in [1.29, 1.82) is 0 Å². The standard InChI is InChI=1S/C16H28O/c1-2-14-9-5-6-10-15(14)16(17)12-11-13-7-3-4-8-13/h13-15H,2-12H2,1H3. The maximum atomic E-state index is 12.3. The van der Waals surface area contributed by atoms with Gasteiger partial charge in [-0.25, -0.2) is 0 Å². The first-order valence-corrected chi connectivity index (χ1v) is 7.84. The summed E-state index contributed by atoms with van der Waals surface area (Å²) in [6, 6.07) is 0. The number of ketones is 1. The van der Waals surface area contributed by atoms with Gasteiger partial charge in [-0.05, 0) is 31.1 Å². The lowest BCUT2D eigenvalue weighted by atomic mass is 9.74. The van der Waals surface area contributed by atoms with Gasteiger partial charge in [0.15, 0.2) is 0 Å². The average Bonchev–Trinajstić information content (AvgIpc) is 2.89. The minimum absolute atomic E-state index is 0.426. The molecule has 0 amide bonds. The molecule has 2 fully saturated rings. The van der Waals surface area contributed by atoms with Crippen molar-refractivity contribution in [3.8, 4) is 0 Å². The molecule has 0 heterocycles. The van der Waals surface area contributed by atoms with Gasteiger partial charge in [-0.3, -0.25) is 4.79 Å². The van der Waals surface area contributed by atoms with E-state index in [4.69, 9.17) is 0 Å². The molecule has 0 N–H and O–H groups in total. The first-order chi connectivity index (χ1) is 8.31. The van der Waals surface area contributed by atoms with Crippen molar-refractivity contribution in [1.82, 2.24) is 0 Å². The van der Waals surface area contributed by atoms with E-state index in [2.05, 4.69) is 6.92 Å². The minimum Gasteiger partial charge on any atom is -0.299 e. The van der Waals surface area contributed by atoms with Crippen molar-refractivity contribution in [2.75, 3.05) is 0 Å². The van der Waals surface area contributed by atoms with Crippen molar-refractivity contribution in [3.05, 3.63) is 0 Å². The number of hydrogen-bond donors (Lipinski definition) is 0. The maximum absolute atomic E-state index is 12.3. The molecule has 17 heavy (non-hydrogen) atoms. The first-order valence-electron chi connectivity index (χ1n) is 7.84. The normalized spacial score (nSPS) is 30.6. The highest BCUT2D eigenvalue weighted by Crippen LogP contribution is 2.35. The van der Waals surface area contributed by atoms with Gasteiger partial charge in [0.1, 0.15) is 5.78 Å². The van der Waals surface area contributed by atoms with E-state index in [0.29, 0.717) is 17.6 Å². The van der Waals surface area contributed by atoms with Crippen molar-refractivity contribution in [2.24, 2.45) is 17.8 Å². The first kappa shape index (κ1) is 13.1. The van der Waals surface area contributed by atoms with E-state index in [1.807, 2.05) is 0 Å². The van der Waals surface area contributed by atoms with Crippen LogP contribution in [0.15, 0.2) is 0 Å². The molecular weight excluding hydrogens is 208 g/mol. The van der Waals surface area contributed by atoms with E-state index in [1.54, 1.807) is 0 Å². The van der Waals surface area contributed by atoms with E-state index < -0.39 is 0 Å². The monoisotopic (exact) mass is 236 g/mol. The molecular formula is C16H28O. The summed E-state index contributed by atoms with van der Waals surface area (Å²) in [5.41, 5.74) is 0. The summed E-state index contributed by atoms with van der Waals surface area (Å²) < 4.78 is 0. The summed E-state index contributed by atoms with van der Waals surface area (Å²) in [6.45, 7) is 2.26. The predicted molar refractivity (Wildman–Crippen MR) is 71.9 cm³/mol. The van der Waals surface area contributed by atoms with Gasteiger partial charge < -0.3 is 0 Å². The Labute approximate surface area is 106 Å². The summed E-state index contributed by atoms with van der Waals surface area (Å²) >= 11 is 0. The van der Waals surface area contributed by atoms with Gasteiger partial charge in [0.05, 0.1) is 0 Å². The van der Waals surface area contributed by atoms with Crippen molar-refractivity contribution in [3.63, 3.8) is 0 Å². The second-order valence-electron chi connectivity index (χ2n) is 6.21. The van der Waals surface area contributed by atoms with Crippen LogP contribution in [0, 0.1) is 17.8 Å². The third-order valence-electron chi connectivity index (χ3n) is 5.12. The molecule has 2 aliphatic carbocycles. The second kappa shape index (κ2) is 6.56. The van der Waals surface area contributed by atoms with E-state index in [0.717, 1.165) is 12.3 Å². The topological polar surface area (TPSA) is 17.1 Å². The van der Waals surface area contributed by atoms with E-state index in [9.17, 15) is 4.79 Å². The summed E-state index contributed by atoms with van der Waals surface area (Å²) in [5, 5.41) is 0. The molecule has 0 aliphatic heterocycles. The molecule has 2 rings (SSSR count). The average molecular weight is 236 g/mol. The maximum Gasteiger partial charge on any atom is 0.136 e. The smallest absolute Gasteiger partial charge is 0.136 e. The van der Waals surface area contributed by atoms with Crippen LogP contribution in [0.3, 0.4) is 0 Å². The number of carbonyl (C=O) groups excluding carboxylic acids is 1. The Kier molecular flexibility index (Phi) is 5.06. The van der Waals surface area contributed by atoms with E-state index in [1.165, 1.54) is 64.2 Å². The van der Waals surface area contributed by atoms with Crippen LogP contribution in [0.4, 0.5) is 0 Å². The molecule has 98 valence electrons. The van der Waals surface area contributed by atoms with Gasteiger partial charge in [0, 0.05) is 12.3 Å². The highest BCUT2D eigenvalue weighted by molar-refractivity contribution is 5.81. The van der Waals surface area contributed by atoms with Crippen LogP contribution in [-0.2, 0) is 4.79 Å². The zero-order valence-electron chi connectivity index (χ0n) is 11.4. The van der Waals surface area contributed by atoms with Crippen LogP contribution in [0.25, 0.3) is 0 Å². The molecule has 1 heteroatoms. The lowest BCUT2D eigenvalue weighted by molar-refractivity contribution is -0.126. The van der Waals surface area contributed by atoms with Gasteiger partial charge in [-0.1, -0.05) is 51.9 Å². The summed E-state index contributed by atoms with van der Waals surface area (Å²) in [7, 11) is 0. The van der Waals surface area contributed by atoms with Crippen LogP contribution in [0.2, 0.25) is 0 Å². The quantitative estimate of drug-likeness (QED) is 0.673. The Hall–Kier alpha value is -0.330. The number of Topliss-reactive ketones (excluding diaryl/α,β-unsaturated/α-hetero) is 1. The Morgan fingerprint density at radius 3 is 2.35 bits per heavy atom. The fraction of sp³-hybridized carbons (Fsp3) is 0.938. The second-order valence-corrected chi connectivity index (χ2v) is 6.21. The third-order valence-corrected chi connectivity index (χ3v) is 5.12. The minimum atomic E-state index is 0.426. The lowest BCUT2D eigenvalue weighted by Crippen LogP contribution is -2.27. The number of hydrogen-bond acceptors (Lipinski definition) is 1. The van der Waals surface area contributed by atoms with Gasteiger partial charge in [0.25, 0.3) is 0 Å². The zero-order chi connectivity index (χ0) is 12.1. The molecule has 2 saturated carbocycles. The Morgan fingerprint density at radius 1 is 1.00 bits per heavy atom. The summed E-state index contributed by atoms with van der Waals surface area (Å²) in [6.07, 6.45) is 14.0. The Balaban J connectivity index is 1.76. The summed E-state index contributed by atoms with van der Waals surface area (Å²) in [5.74, 6) is 2.61. The largest absolute Gasteiger partial charge is 0.299 e. The van der Waals surface area contributed by atoms with Crippen LogP contribution >= 0.6 is 0 Å². The van der Waals surface area contributed by atoms with Gasteiger partial charge in [-0.2, -0.15) is 0 Å². The lowest BCUT2D eigenvalue weighted by Gasteiger charge is -2.30. The molecule has 2 unspecified atom stereocenters. The van der Waals surface area contributed by atoms with Crippen LogP contribution in [0.1, 0.15) is 77.6 Å². The fourth-order valence-electron chi connectivity index (χ4n) is 3.95. The number of rotatable bonds is 5. The molecule has 0 aromatic rings. The van der Waals surface area contributed by atoms with Crippen molar-refractivity contribution < 1.29 is 4.79 Å². The Morgan fingerprint density at radius 2 is 1.65 bits per heavy atom. The van der Waals surface area contributed by atoms with E-state index in [-0.39, 0.29) is 0 Å². The third kappa shape index (κ3) is 3.56. The van der Waals surface area contributed by atoms with Gasteiger partial charge in [0.2, 0.25) is 0 Å². The fourth-order valence-corrected chi connectivity index (χ4v) is 3.95. The molecule has 0 bridgehead atoms. The molecule has 0 spiro atoms. The molecule has 2 aliphatic rings. The predicted octanol–water partition coefficient (Wildman–Crippen LogP) is 4.74. The number of carbonyl (C=O) groups is 1. The van der Waals surface area contributed by atoms with Crippen LogP contribution in [0.5, 0.6) is 0 Å². The molecule has 2 atom stereocenters. The van der Waals surface area contributed by atoms with Crippen molar-refractivity contribution >= 4 is 5.78 Å². The highest BCUT2D eigenvalue weighted by Gasteiger charge is 2.29.